The van der Waals surface area contributed by atoms with Crippen molar-refractivity contribution in [1.29, 1.82) is 0 Å². The first-order valence-corrected chi connectivity index (χ1v) is 9.09. The van der Waals surface area contributed by atoms with Crippen LogP contribution in [0.15, 0.2) is 12.1 Å². The molecular weight excluding hydrogens is 254 g/mol. The van der Waals surface area contributed by atoms with E-state index in [0.717, 1.165) is 25.8 Å². The van der Waals surface area contributed by atoms with Gasteiger partial charge in [-0.2, -0.15) is 0 Å². The van der Waals surface area contributed by atoms with Crippen LogP contribution in [0, 0.1) is 0 Å². The van der Waals surface area contributed by atoms with Crippen molar-refractivity contribution in [2.75, 3.05) is 6.54 Å². The van der Waals surface area contributed by atoms with Crippen LogP contribution in [0.5, 0.6) is 0 Å². The number of benzene rings is 1. The van der Waals surface area contributed by atoms with E-state index in [1.54, 1.807) is 16.7 Å². The first kappa shape index (κ1) is 18.2. The van der Waals surface area contributed by atoms with E-state index in [2.05, 4.69) is 52.1 Å². The Balaban J connectivity index is 3.18. The van der Waals surface area contributed by atoms with Crippen molar-refractivity contribution in [3.8, 4) is 0 Å². The van der Waals surface area contributed by atoms with E-state index in [9.17, 15) is 0 Å². The lowest BCUT2D eigenvalue weighted by atomic mass is 9.87. The highest BCUT2D eigenvalue weighted by Crippen LogP contribution is 2.29. The second-order valence-corrected chi connectivity index (χ2v) is 6.04. The van der Waals surface area contributed by atoms with E-state index in [0.29, 0.717) is 6.04 Å². The molecule has 0 saturated carbocycles. The molecule has 1 heteroatoms. The van der Waals surface area contributed by atoms with E-state index in [-0.39, 0.29) is 0 Å². The summed E-state index contributed by atoms with van der Waals surface area (Å²) < 4.78 is 0. The molecule has 0 bridgehead atoms. The van der Waals surface area contributed by atoms with Crippen molar-refractivity contribution < 1.29 is 0 Å². The molecule has 0 spiro atoms. The van der Waals surface area contributed by atoms with E-state index in [1.807, 2.05) is 0 Å². The minimum Gasteiger partial charge on any atom is -0.310 e. The summed E-state index contributed by atoms with van der Waals surface area (Å²) in [6.07, 6.45) is 8.49. The van der Waals surface area contributed by atoms with Crippen LogP contribution in [0.2, 0.25) is 0 Å². The first-order chi connectivity index (χ1) is 10.2. The van der Waals surface area contributed by atoms with Gasteiger partial charge in [0, 0.05) is 6.04 Å². The second-order valence-electron chi connectivity index (χ2n) is 6.04. The Morgan fingerprint density at radius 3 is 1.90 bits per heavy atom. The van der Waals surface area contributed by atoms with Gasteiger partial charge in [-0.05, 0) is 60.9 Å². The molecule has 21 heavy (non-hydrogen) atoms. The topological polar surface area (TPSA) is 12.0 Å². The summed E-state index contributed by atoms with van der Waals surface area (Å²) in [5, 5.41) is 3.81. The van der Waals surface area contributed by atoms with Crippen LogP contribution >= 0.6 is 0 Å². The van der Waals surface area contributed by atoms with E-state index in [4.69, 9.17) is 0 Å². The van der Waals surface area contributed by atoms with Gasteiger partial charge in [0.25, 0.3) is 0 Å². The van der Waals surface area contributed by atoms with Gasteiger partial charge in [-0.1, -0.05) is 59.6 Å². The summed E-state index contributed by atoms with van der Waals surface area (Å²) in [6, 6.07) is 5.43. The highest BCUT2D eigenvalue weighted by Gasteiger charge is 2.18. The van der Waals surface area contributed by atoms with Gasteiger partial charge in [-0.3, -0.25) is 0 Å². The molecular formula is C20H35N. The molecule has 0 aliphatic carbocycles. The normalized spacial score (nSPS) is 12.6. The average molecular weight is 290 g/mol. The third kappa shape index (κ3) is 5.14. The summed E-state index contributed by atoms with van der Waals surface area (Å²) in [4.78, 5) is 0. The summed E-state index contributed by atoms with van der Waals surface area (Å²) in [6.45, 7) is 12.5. The van der Waals surface area contributed by atoms with Gasteiger partial charge >= 0.3 is 0 Å². The van der Waals surface area contributed by atoms with Gasteiger partial charge < -0.3 is 5.32 Å². The van der Waals surface area contributed by atoms with Gasteiger partial charge in [0.15, 0.2) is 0 Å². The predicted molar refractivity (Wildman–Crippen MR) is 95.1 cm³/mol. The van der Waals surface area contributed by atoms with Crippen LogP contribution in [0.1, 0.15) is 88.6 Å². The fourth-order valence-corrected chi connectivity index (χ4v) is 3.16. The molecule has 1 N–H and O–H groups in total. The molecule has 1 aromatic carbocycles. The Morgan fingerprint density at radius 1 is 0.857 bits per heavy atom. The quantitative estimate of drug-likeness (QED) is 0.591. The fraction of sp³-hybridized carbons (Fsp3) is 0.700. The maximum absolute atomic E-state index is 3.81. The van der Waals surface area contributed by atoms with Crippen molar-refractivity contribution >= 4 is 0 Å². The van der Waals surface area contributed by atoms with Crippen LogP contribution in [-0.4, -0.2) is 6.54 Å². The number of unbranched alkanes of at least 4 members (excludes halogenated alkanes) is 1. The molecule has 0 saturated heterocycles. The lowest BCUT2D eigenvalue weighted by Crippen LogP contribution is -2.24. The van der Waals surface area contributed by atoms with Crippen molar-refractivity contribution in [2.24, 2.45) is 0 Å². The lowest BCUT2D eigenvalue weighted by Gasteiger charge is -2.25. The number of rotatable bonds is 10. The summed E-state index contributed by atoms with van der Waals surface area (Å²) in [7, 11) is 0. The van der Waals surface area contributed by atoms with Crippen molar-refractivity contribution in [3.05, 3.63) is 34.4 Å². The Labute approximate surface area is 132 Å². The molecule has 120 valence electrons. The predicted octanol–water partition coefficient (Wildman–Crippen LogP) is 5.60. The largest absolute Gasteiger partial charge is 0.310 e. The molecule has 1 aromatic rings. The van der Waals surface area contributed by atoms with Gasteiger partial charge in [-0.15, -0.1) is 0 Å². The molecule has 1 unspecified atom stereocenters. The third-order valence-corrected chi connectivity index (χ3v) is 4.42. The maximum Gasteiger partial charge on any atom is 0.0325 e. The van der Waals surface area contributed by atoms with Crippen molar-refractivity contribution in [1.82, 2.24) is 5.32 Å². The Morgan fingerprint density at radius 2 is 1.48 bits per heavy atom. The standard InChI is InChI=1S/C20H35N/c1-6-11-12-19(21-13-7-2)20-17(9-4)14-16(8-3)15-18(20)10-5/h14-15,19,21H,6-13H2,1-5H3. The van der Waals surface area contributed by atoms with E-state index in [1.165, 1.54) is 31.2 Å². The van der Waals surface area contributed by atoms with Crippen LogP contribution in [0.3, 0.4) is 0 Å². The summed E-state index contributed by atoms with van der Waals surface area (Å²) in [5.74, 6) is 0. The molecule has 0 amide bonds. The summed E-state index contributed by atoms with van der Waals surface area (Å²) >= 11 is 0. The monoisotopic (exact) mass is 289 g/mol. The molecule has 0 fully saturated rings. The molecule has 1 rings (SSSR count). The zero-order valence-electron chi connectivity index (χ0n) is 14.9. The minimum atomic E-state index is 0.542. The maximum atomic E-state index is 3.81. The van der Waals surface area contributed by atoms with Gasteiger partial charge in [0.05, 0.1) is 0 Å². The number of hydrogen-bond acceptors (Lipinski definition) is 1. The highest BCUT2D eigenvalue weighted by molar-refractivity contribution is 5.42. The van der Waals surface area contributed by atoms with Crippen molar-refractivity contribution in [2.45, 2.75) is 85.6 Å². The molecule has 0 aliphatic rings. The van der Waals surface area contributed by atoms with Gasteiger partial charge in [-0.25, -0.2) is 0 Å². The molecule has 0 aliphatic heterocycles. The zero-order chi connectivity index (χ0) is 15.7. The molecule has 0 radical (unpaired) electrons. The molecule has 1 atom stereocenters. The zero-order valence-corrected chi connectivity index (χ0v) is 14.9. The van der Waals surface area contributed by atoms with Crippen LogP contribution in [0.25, 0.3) is 0 Å². The highest BCUT2D eigenvalue weighted by atomic mass is 14.9. The number of nitrogens with one attached hydrogen (secondary N) is 1. The smallest absolute Gasteiger partial charge is 0.0325 e. The number of hydrogen-bond donors (Lipinski definition) is 1. The Kier molecular flexibility index (Phi) is 8.68. The lowest BCUT2D eigenvalue weighted by molar-refractivity contribution is 0.476. The van der Waals surface area contributed by atoms with Crippen molar-refractivity contribution in [3.63, 3.8) is 0 Å². The van der Waals surface area contributed by atoms with Crippen LogP contribution < -0.4 is 5.32 Å². The van der Waals surface area contributed by atoms with E-state index >= 15 is 0 Å². The number of aryl methyl sites for hydroxylation is 3. The Bertz CT molecular complexity index is 375. The SMILES string of the molecule is CCCCC(NCCC)c1c(CC)cc(CC)cc1CC. The first-order valence-electron chi connectivity index (χ1n) is 9.09. The Hall–Kier alpha value is -0.820. The third-order valence-electron chi connectivity index (χ3n) is 4.42. The molecule has 0 aromatic heterocycles. The van der Waals surface area contributed by atoms with Gasteiger partial charge in [0.2, 0.25) is 0 Å². The van der Waals surface area contributed by atoms with Crippen LogP contribution in [0.4, 0.5) is 0 Å². The molecule has 1 nitrogen and oxygen atoms in total. The minimum absolute atomic E-state index is 0.542. The van der Waals surface area contributed by atoms with Crippen LogP contribution in [-0.2, 0) is 19.3 Å². The van der Waals surface area contributed by atoms with Gasteiger partial charge in [0.1, 0.15) is 0 Å². The second kappa shape index (κ2) is 10.00. The van der Waals surface area contributed by atoms with E-state index < -0.39 is 0 Å². The summed E-state index contributed by atoms with van der Waals surface area (Å²) in [5.41, 5.74) is 6.24. The average Bonchev–Trinajstić information content (AvgIpc) is 2.54. The molecule has 0 heterocycles. The fourth-order valence-electron chi connectivity index (χ4n) is 3.16.